The van der Waals surface area contributed by atoms with Gasteiger partial charge in [-0.1, -0.05) is 55.7 Å². The molecular formula is C17H21N. The molecule has 0 unspecified atom stereocenters. The maximum absolute atomic E-state index is 4.56. The fraction of sp³-hybridized carbons (Fsp3) is 0.353. The van der Waals surface area contributed by atoms with E-state index in [-0.39, 0.29) is 0 Å². The van der Waals surface area contributed by atoms with Crippen molar-refractivity contribution in [1.29, 1.82) is 0 Å². The third kappa shape index (κ3) is 3.43. The molecule has 1 aromatic heterocycles. The van der Waals surface area contributed by atoms with E-state index < -0.39 is 0 Å². The predicted molar refractivity (Wildman–Crippen MR) is 77.6 cm³/mol. The van der Waals surface area contributed by atoms with E-state index >= 15 is 0 Å². The average molecular weight is 239 g/mol. The molecule has 0 saturated carbocycles. The van der Waals surface area contributed by atoms with Crippen molar-refractivity contribution in [2.45, 2.75) is 39.5 Å². The van der Waals surface area contributed by atoms with E-state index in [4.69, 9.17) is 0 Å². The summed E-state index contributed by atoms with van der Waals surface area (Å²) in [5.41, 5.74) is 4.89. The normalized spacial score (nSPS) is 10.6. The summed E-state index contributed by atoms with van der Waals surface area (Å²) in [7, 11) is 0. The molecule has 0 atom stereocenters. The van der Waals surface area contributed by atoms with E-state index in [0.717, 1.165) is 12.1 Å². The van der Waals surface area contributed by atoms with Gasteiger partial charge in [-0.2, -0.15) is 0 Å². The lowest BCUT2D eigenvalue weighted by molar-refractivity contribution is 0.716. The quantitative estimate of drug-likeness (QED) is 0.684. The molecule has 0 aliphatic carbocycles. The molecular weight excluding hydrogens is 218 g/mol. The first-order valence-electron chi connectivity index (χ1n) is 6.81. The van der Waals surface area contributed by atoms with Gasteiger partial charge in [0.25, 0.3) is 0 Å². The summed E-state index contributed by atoms with van der Waals surface area (Å²) in [6, 6.07) is 12.9. The lowest BCUT2D eigenvalue weighted by Crippen LogP contribution is -1.89. The highest BCUT2D eigenvalue weighted by Gasteiger charge is 1.99. The van der Waals surface area contributed by atoms with Crippen LogP contribution in [-0.4, -0.2) is 4.98 Å². The van der Waals surface area contributed by atoms with Gasteiger partial charge in [-0.15, -0.1) is 0 Å². The molecule has 0 spiro atoms. The van der Waals surface area contributed by atoms with Crippen LogP contribution in [0.15, 0.2) is 42.6 Å². The van der Waals surface area contributed by atoms with E-state index in [1.165, 1.54) is 36.0 Å². The van der Waals surface area contributed by atoms with Crippen LogP contribution >= 0.6 is 0 Å². The maximum atomic E-state index is 4.56. The molecule has 0 bridgehead atoms. The van der Waals surface area contributed by atoms with Crippen molar-refractivity contribution in [1.82, 2.24) is 4.98 Å². The monoisotopic (exact) mass is 239 g/mol. The summed E-state index contributed by atoms with van der Waals surface area (Å²) in [4.78, 5) is 4.56. The molecule has 1 heterocycles. The van der Waals surface area contributed by atoms with E-state index in [1.807, 2.05) is 6.20 Å². The minimum Gasteiger partial charge on any atom is -0.256 e. The molecule has 0 aliphatic heterocycles. The first-order valence-corrected chi connectivity index (χ1v) is 6.81. The van der Waals surface area contributed by atoms with Crippen LogP contribution in [0, 0.1) is 6.92 Å². The molecule has 2 aromatic rings. The minimum atomic E-state index is 1.06. The Hall–Kier alpha value is -1.63. The van der Waals surface area contributed by atoms with Crippen molar-refractivity contribution >= 4 is 0 Å². The summed E-state index contributed by atoms with van der Waals surface area (Å²) < 4.78 is 0. The van der Waals surface area contributed by atoms with Gasteiger partial charge in [0.05, 0.1) is 5.69 Å². The SMILES string of the molecule is CCCCCc1ccc(-c2ccc(C)cc2)nc1. The minimum absolute atomic E-state index is 1.06. The fourth-order valence-electron chi connectivity index (χ4n) is 2.05. The van der Waals surface area contributed by atoms with Crippen LogP contribution in [0.2, 0.25) is 0 Å². The Morgan fingerprint density at radius 3 is 2.33 bits per heavy atom. The lowest BCUT2D eigenvalue weighted by Gasteiger charge is -2.04. The maximum Gasteiger partial charge on any atom is 0.0702 e. The number of rotatable bonds is 5. The number of pyridine rings is 1. The van der Waals surface area contributed by atoms with Crippen molar-refractivity contribution < 1.29 is 0 Å². The molecule has 0 saturated heterocycles. The van der Waals surface area contributed by atoms with Crippen molar-refractivity contribution in [3.63, 3.8) is 0 Å². The first kappa shape index (κ1) is 12.8. The summed E-state index contributed by atoms with van der Waals surface area (Å²) in [5, 5.41) is 0. The van der Waals surface area contributed by atoms with Gasteiger partial charge in [0.15, 0.2) is 0 Å². The van der Waals surface area contributed by atoms with Crippen molar-refractivity contribution in [2.75, 3.05) is 0 Å². The first-order chi connectivity index (χ1) is 8.79. The number of benzene rings is 1. The molecule has 0 aliphatic rings. The average Bonchev–Trinajstić information content (AvgIpc) is 2.41. The van der Waals surface area contributed by atoms with Crippen LogP contribution in [0.5, 0.6) is 0 Å². The number of hydrogen-bond donors (Lipinski definition) is 0. The van der Waals surface area contributed by atoms with Crippen molar-refractivity contribution in [3.8, 4) is 11.3 Å². The zero-order valence-electron chi connectivity index (χ0n) is 11.3. The van der Waals surface area contributed by atoms with Crippen LogP contribution in [-0.2, 0) is 6.42 Å². The van der Waals surface area contributed by atoms with Crippen LogP contribution < -0.4 is 0 Å². The van der Waals surface area contributed by atoms with E-state index in [9.17, 15) is 0 Å². The highest BCUT2D eigenvalue weighted by molar-refractivity contribution is 5.59. The predicted octanol–water partition coefficient (Wildman–Crippen LogP) is 4.79. The fourth-order valence-corrected chi connectivity index (χ4v) is 2.05. The molecule has 1 nitrogen and oxygen atoms in total. The van der Waals surface area contributed by atoms with Crippen molar-refractivity contribution in [2.24, 2.45) is 0 Å². The zero-order chi connectivity index (χ0) is 12.8. The second kappa shape index (κ2) is 6.34. The van der Waals surface area contributed by atoms with Gasteiger partial charge in [-0.3, -0.25) is 4.98 Å². The van der Waals surface area contributed by atoms with Crippen LogP contribution in [0.25, 0.3) is 11.3 Å². The van der Waals surface area contributed by atoms with Crippen LogP contribution in [0.3, 0.4) is 0 Å². The Balaban J connectivity index is 2.05. The summed E-state index contributed by atoms with van der Waals surface area (Å²) >= 11 is 0. The highest BCUT2D eigenvalue weighted by Crippen LogP contribution is 2.18. The Morgan fingerprint density at radius 1 is 0.944 bits per heavy atom. The number of aryl methyl sites for hydroxylation is 2. The van der Waals surface area contributed by atoms with Crippen LogP contribution in [0.4, 0.5) is 0 Å². The standard InChI is InChI=1S/C17H21N/c1-3-4-5-6-15-9-12-17(18-13-15)16-10-7-14(2)8-11-16/h7-13H,3-6H2,1-2H3. The molecule has 1 aromatic carbocycles. The second-order valence-corrected chi connectivity index (χ2v) is 4.87. The van der Waals surface area contributed by atoms with Gasteiger partial charge in [-0.05, 0) is 31.4 Å². The van der Waals surface area contributed by atoms with Gasteiger partial charge in [0, 0.05) is 11.8 Å². The van der Waals surface area contributed by atoms with Gasteiger partial charge >= 0.3 is 0 Å². The van der Waals surface area contributed by atoms with Gasteiger partial charge in [0.1, 0.15) is 0 Å². The molecule has 0 N–H and O–H groups in total. The van der Waals surface area contributed by atoms with Gasteiger partial charge in [-0.25, -0.2) is 0 Å². The van der Waals surface area contributed by atoms with Crippen molar-refractivity contribution in [3.05, 3.63) is 53.7 Å². The second-order valence-electron chi connectivity index (χ2n) is 4.87. The molecule has 18 heavy (non-hydrogen) atoms. The number of aromatic nitrogens is 1. The largest absolute Gasteiger partial charge is 0.256 e. The lowest BCUT2D eigenvalue weighted by atomic mass is 10.1. The number of nitrogens with zero attached hydrogens (tertiary/aromatic N) is 1. The third-order valence-corrected chi connectivity index (χ3v) is 3.24. The zero-order valence-corrected chi connectivity index (χ0v) is 11.3. The van der Waals surface area contributed by atoms with E-state index in [0.29, 0.717) is 0 Å². The molecule has 1 heteroatoms. The number of unbranched alkanes of at least 4 members (excludes halogenated alkanes) is 2. The Morgan fingerprint density at radius 2 is 1.72 bits per heavy atom. The van der Waals surface area contributed by atoms with E-state index in [2.05, 4.69) is 55.2 Å². The highest BCUT2D eigenvalue weighted by atomic mass is 14.7. The smallest absolute Gasteiger partial charge is 0.0702 e. The van der Waals surface area contributed by atoms with Gasteiger partial charge in [0.2, 0.25) is 0 Å². The molecule has 0 radical (unpaired) electrons. The molecule has 0 fully saturated rings. The Kier molecular flexibility index (Phi) is 4.52. The topological polar surface area (TPSA) is 12.9 Å². The summed E-state index contributed by atoms with van der Waals surface area (Å²) in [6.07, 6.45) is 7.01. The molecule has 0 amide bonds. The molecule has 2 rings (SSSR count). The van der Waals surface area contributed by atoms with Crippen LogP contribution in [0.1, 0.15) is 37.3 Å². The Bertz CT molecular complexity index is 468. The summed E-state index contributed by atoms with van der Waals surface area (Å²) in [6.45, 7) is 4.34. The third-order valence-electron chi connectivity index (χ3n) is 3.24. The van der Waals surface area contributed by atoms with E-state index in [1.54, 1.807) is 0 Å². The summed E-state index contributed by atoms with van der Waals surface area (Å²) in [5.74, 6) is 0. The molecule has 94 valence electrons. The number of hydrogen-bond acceptors (Lipinski definition) is 1. The Labute approximate surface area is 110 Å². The van der Waals surface area contributed by atoms with Gasteiger partial charge < -0.3 is 0 Å².